The molecule has 0 aliphatic carbocycles. The first-order valence-corrected chi connectivity index (χ1v) is 8.28. The minimum Gasteiger partial charge on any atom is -0.444 e. The Hall–Kier alpha value is -1.14. The maximum atomic E-state index is 12.2. The van der Waals surface area contributed by atoms with Crippen molar-refractivity contribution < 1.29 is 9.53 Å². The van der Waals surface area contributed by atoms with E-state index in [4.69, 9.17) is 4.74 Å². The lowest BCUT2D eigenvalue weighted by Gasteiger charge is -2.30. The molecule has 1 rings (SSSR count). The van der Waals surface area contributed by atoms with Crippen molar-refractivity contribution in [3.05, 3.63) is 28.5 Å². The van der Waals surface area contributed by atoms with E-state index in [-0.39, 0.29) is 12.1 Å². The molecule has 1 amide bonds. The Kier molecular flexibility index (Phi) is 7.29. The number of nitrogens with zero attached hydrogens (tertiary/aromatic N) is 2. The highest BCUT2D eigenvalue weighted by Crippen LogP contribution is 2.12. The number of halogens is 1. The molecule has 5 nitrogen and oxygen atoms in total. The van der Waals surface area contributed by atoms with Crippen molar-refractivity contribution in [2.45, 2.75) is 52.8 Å². The quantitative estimate of drug-likeness (QED) is 0.776. The summed E-state index contributed by atoms with van der Waals surface area (Å²) < 4.78 is 6.40. The fourth-order valence-electron chi connectivity index (χ4n) is 1.87. The van der Waals surface area contributed by atoms with E-state index in [1.165, 1.54) is 0 Å². The van der Waals surface area contributed by atoms with Crippen LogP contribution in [-0.2, 0) is 11.3 Å². The van der Waals surface area contributed by atoms with E-state index < -0.39 is 5.60 Å². The predicted octanol–water partition coefficient (Wildman–Crippen LogP) is 3.58. The number of carbonyl (C=O) groups excluding carboxylic acids is 1. The summed E-state index contributed by atoms with van der Waals surface area (Å²) in [6, 6.07) is 2.12. The lowest BCUT2D eigenvalue weighted by molar-refractivity contribution is 0.0193. The Labute approximate surface area is 141 Å². The van der Waals surface area contributed by atoms with Crippen molar-refractivity contribution in [2.24, 2.45) is 0 Å². The van der Waals surface area contributed by atoms with Gasteiger partial charge in [-0.1, -0.05) is 0 Å². The third-order valence-corrected chi connectivity index (χ3v) is 3.31. The molecule has 0 saturated heterocycles. The largest absolute Gasteiger partial charge is 0.444 e. The lowest BCUT2D eigenvalue weighted by atomic mass is 10.2. The van der Waals surface area contributed by atoms with Crippen LogP contribution in [0.4, 0.5) is 4.79 Å². The molecule has 0 saturated carbocycles. The van der Waals surface area contributed by atoms with Gasteiger partial charge in [-0.3, -0.25) is 4.98 Å². The number of hydrogen-bond acceptors (Lipinski definition) is 4. The van der Waals surface area contributed by atoms with Gasteiger partial charge in [-0.15, -0.1) is 0 Å². The molecule has 0 fully saturated rings. The SMILES string of the molecule is CC(C)N(CCNCc1cncc(Br)c1)C(=O)OC(C)(C)C. The highest BCUT2D eigenvalue weighted by atomic mass is 79.9. The first-order valence-electron chi connectivity index (χ1n) is 7.49. The van der Waals surface area contributed by atoms with Crippen LogP contribution < -0.4 is 5.32 Å². The summed E-state index contributed by atoms with van der Waals surface area (Å²) in [7, 11) is 0. The van der Waals surface area contributed by atoms with Crippen LogP contribution in [0.2, 0.25) is 0 Å². The number of nitrogens with one attached hydrogen (secondary N) is 1. The van der Waals surface area contributed by atoms with E-state index in [9.17, 15) is 4.79 Å². The maximum absolute atomic E-state index is 12.2. The number of rotatable bonds is 6. The average molecular weight is 372 g/mol. The van der Waals surface area contributed by atoms with Crippen LogP contribution in [0.1, 0.15) is 40.2 Å². The van der Waals surface area contributed by atoms with E-state index in [0.29, 0.717) is 19.6 Å². The monoisotopic (exact) mass is 371 g/mol. The van der Waals surface area contributed by atoms with Crippen molar-refractivity contribution in [3.8, 4) is 0 Å². The summed E-state index contributed by atoms with van der Waals surface area (Å²) in [6.45, 7) is 11.6. The van der Waals surface area contributed by atoms with E-state index >= 15 is 0 Å². The maximum Gasteiger partial charge on any atom is 0.410 e. The number of carbonyl (C=O) groups is 1. The second kappa shape index (κ2) is 8.48. The van der Waals surface area contributed by atoms with Crippen molar-refractivity contribution in [2.75, 3.05) is 13.1 Å². The second-order valence-electron chi connectivity index (χ2n) is 6.46. The Morgan fingerprint density at radius 2 is 2.09 bits per heavy atom. The zero-order valence-electron chi connectivity index (χ0n) is 14.0. The first kappa shape index (κ1) is 18.9. The van der Waals surface area contributed by atoms with E-state index in [1.807, 2.05) is 46.9 Å². The molecule has 0 aromatic carbocycles. The van der Waals surface area contributed by atoms with Gasteiger partial charge in [-0.2, -0.15) is 0 Å². The Morgan fingerprint density at radius 3 is 2.64 bits per heavy atom. The standard InChI is InChI=1S/C16H26BrN3O2/c1-12(2)20(15(21)22-16(3,4)5)7-6-18-9-13-8-14(17)11-19-10-13/h8,10-12,18H,6-7,9H2,1-5H3. The topological polar surface area (TPSA) is 54.5 Å². The number of aromatic nitrogens is 1. The van der Waals surface area contributed by atoms with E-state index in [2.05, 4.69) is 26.2 Å². The van der Waals surface area contributed by atoms with Gasteiger partial charge in [0, 0.05) is 42.5 Å². The number of ether oxygens (including phenoxy) is 1. The zero-order chi connectivity index (χ0) is 16.8. The smallest absolute Gasteiger partial charge is 0.410 e. The number of hydrogen-bond donors (Lipinski definition) is 1. The molecule has 1 aromatic rings. The van der Waals surface area contributed by atoms with Crippen LogP contribution in [0, 0.1) is 0 Å². The predicted molar refractivity (Wildman–Crippen MR) is 91.7 cm³/mol. The van der Waals surface area contributed by atoms with Crippen LogP contribution in [0.25, 0.3) is 0 Å². The third-order valence-electron chi connectivity index (χ3n) is 2.87. The van der Waals surface area contributed by atoms with Crippen LogP contribution in [0.3, 0.4) is 0 Å². The first-order chi connectivity index (χ1) is 10.2. The van der Waals surface area contributed by atoms with Crippen molar-refractivity contribution in [1.82, 2.24) is 15.2 Å². The summed E-state index contributed by atoms with van der Waals surface area (Å²) in [6.07, 6.45) is 3.31. The van der Waals surface area contributed by atoms with Gasteiger partial charge in [0.05, 0.1) is 0 Å². The van der Waals surface area contributed by atoms with Crippen molar-refractivity contribution in [3.63, 3.8) is 0 Å². The molecule has 0 aliphatic rings. The molecule has 0 spiro atoms. The fraction of sp³-hybridized carbons (Fsp3) is 0.625. The van der Waals surface area contributed by atoms with Crippen LogP contribution in [-0.4, -0.2) is 40.7 Å². The van der Waals surface area contributed by atoms with Crippen LogP contribution in [0.15, 0.2) is 22.9 Å². The van der Waals surface area contributed by atoms with Gasteiger partial charge in [0.2, 0.25) is 0 Å². The molecule has 22 heavy (non-hydrogen) atoms. The van der Waals surface area contributed by atoms with Crippen LogP contribution in [0.5, 0.6) is 0 Å². The molecule has 0 atom stereocenters. The molecule has 124 valence electrons. The molecular weight excluding hydrogens is 346 g/mol. The molecule has 0 bridgehead atoms. The number of amides is 1. The third kappa shape index (κ3) is 7.22. The van der Waals surface area contributed by atoms with Gasteiger partial charge in [-0.25, -0.2) is 4.79 Å². The average Bonchev–Trinajstić information content (AvgIpc) is 2.35. The summed E-state index contributed by atoms with van der Waals surface area (Å²) in [5.74, 6) is 0. The molecule has 1 N–H and O–H groups in total. The molecule has 0 unspecified atom stereocenters. The van der Waals surface area contributed by atoms with Gasteiger partial charge >= 0.3 is 6.09 Å². The van der Waals surface area contributed by atoms with Gasteiger partial charge in [0.25, 0.3) is 0 Å². The highest BCUT2D eigenvalue weighted by Gasteiger charge is 2.23. The Bertz CT molecular complexity index is 487. The van der Waals surface area contributed by atoms with Gasteiger partial charge in [-0.05, 0) is 62.2 Å². The van der Waals surface area contributed by atoms with Gasteiger partial charge < -0.3 is 15.0 Å². The minimum absolute atomic E-state index is 0.101. The lowest BCUT2D eigenvalue weighted by Crippen LogP contribution is -2.44. The Morgan fingerprint density at radius 1 is 1.41 bits per heavy atom. The molecule has 1 heterocycles. The van der Waals surface area contributed by atoms with Crippen molar-refractivity contribution >= 4 is 22.0 Å². The number of pyridine rings is 1. The fourth-order valence-corrected chi connectivity index (χ4v) is 2.28. The Balaban J connectivity index is 2.43. The second-order valence-corrected chi connectivity index (χ2v) is 7.37. The molecule has 0 radical (unpaired) electrons. The summed E-state index contributed by atoms with van der Waals surface area (Å²) in [5, 5.41) is 3.32. The highest BCUT2D eigenvalue weighted by molar-refractivity contribution is 9.10. The van der Waals surface area contributed by atoms with E-state index in [1.54, 1.807) is 11.1 Å². The van der Waals surface area contributed by atoms with Gasteiger partial charge in [0.15, 0.2) is 0 Å². The summed E-state index contributed by atoms with van der Waals surface area (Å²) >= 11 is 3.40. The van der Waals surface area contributed by atoms with Gasteiger partial charge in [0.1, 0.15) is 5.60 Å². The normalized spacial score (nSPS) is 11.6. The molecule has 1 aromatic heterocycles. The zero-order valence-corrected chi connectivity index (χ0v) is 15.6. The molecule has 0 aliphatic heterocycles. The summed E-state index contributed by atoms with van der Waals surface area (Å²) in [4.78, 5) is 18.0. The minimum atomic E-state index is -0.473. The molecular formula is C16H26BrN3O2. The molecule has 6 heteroatoms. The van der Waals surface area contributed by atoms with Crippen LogP contribution >= 0.6 is 15.9 Å². The van der Waals surface area contributed by atoms with Crippen molar-refractivity contribution in [1.29, 1.82) is 0 Å². The van der Waals surface area contributed by atoms with E-state index in [0.717, 1.165) is 10.0 Å². The summed E-state index contributed by atoms with van der Waals surface area (Å²) in [5.41, 5.74) is 0.627.